The van der Waals surface area contributed by atoms with Crippen LogP contribution in [0.5, 0.6) is 0 Å². The van der Waals surface area contributed by atoms with Crippen LogP contribution in [0.15, 0.2) is 0 Å². The van der Waals surface area contributed by atoms with E-state index in [1.807, 2.05) is 0 Å². The van der Waals surface area contributed by atoms with E-state index in [1.165, 1.54) is 7.05 Å². The molecule has 0 bridgehead atoms. The third-order valence-electron chi connectivity index (χ3n) is 0.573. The molecule has 1 heterocycles. The zero-order valence-corrected chi connectivity index (χ0v) is 4.49. The van der Waals surface area contributed by atoms with Gasteiger partial charge in [-0.2, -0.15) is 0 Å². The summed E-state index contributed by atoms with van der Waals surface area (Å²) in [7, 11) is 1.25. The second-order valence-corrected chi connectivity index (χ2v) is 1.22. The molecule has 1 aliphatic rings. The van der Waals surface area contributed by atoms with Gasteiger partial charge in [0.15, 0.2) is 0 Å². The Morgan fingerprint density at radius 1 is 1.22 bits per heavy atom. The maximum absolute atomic E-state index is 10.1. The number of ether oxygens (including phenoxy) is 1. The third kappa shape index (κ3) is 1.29. The molecular formula is C3H3NO5. The van der Waals surface area contributed by atoms with Crippen molar-refractivity contribution in [1.29, 1.82) is 0 Å². The largest absolute Gasteiger partial charge is 0.541 e. The number of carbonyl (C=O) groups is 2. The number of hydroxylamine groups is 2. The summed E-state index contributed by atoms with van der Waals surface area (Å²) in [6, 6.07) is 0. The molecule has 0 amide bonds. The Hall–Kier alpha value is -1.30. The van der Waals surface area contributed by atoms with Crippen molar-refractivity contribution in [2.24, 2.45) is 0 Å². The van der Waals surface area contributed by atoms with Crippen molar-refractivity contribution in [3.8, 4) is 0 Å². The molecule has 0 aromatic carbocycles. The van der Waals surface area contributed by atoms with E-state index < -0.39 is 12.3 Å². The summed E-state index contributed by atoms with van der Waals surface area (Å²) in [5, 5.41) is 0.605. The van der Waals surface area contributed by atoms with E-state index in [0.717, 1.165) is 0 Å². The van der Waals surface area contributed by atoms with E-state index >= 15 is 0 Å². The summed E-state index contributed by atoms with van der Waals surface area (Å²) >= 11 is 0. The summed E-state index contributed by atoms with van der Waals surface area (Å²) in [4.78, 5) is 28.4. The van der Waals surface area contributed by atoms with Crippen molar-refractivity contribution < 1.29 is 24.0 Å². The van der Waals surface area contributed by atoms with Gasteiger partial charge in [-0.15, -0.1) is 0 Å². The second kappa shape index (κ2) is 1.90. The number of carbonyl (C=O) groups excluding carboxylic acids is 2. The van der Waals surface area contributed by atoms with E-state index in [9.17, 15) is 9.59 Å². The Balaban J connectivity index is 2.53. The molecule has 0 atom stereocenters. The molecule has 0 aromatic rings. The van der Waals surface area contributed by atoms with Crippen LogP contribution in [0.3, 0.4) is 0 Å². The standard InChI is InChI=1S/C3H3NO5/c1-4-8-2(5)7-3(6)9-4/h1H3. The summed E-state index contributed by atoms with van der Waals surface area (Å²) in [5.41, 5.74) is 0. The van der Waals surface area contributed by atoms with Gasteiger partial charge in [0.1, 0.15) is 0 Å². The fourth-order valence-corrected chi connectivity index (χ4v) is 0.334. The molecule has 1 fully saturated rings. The van der Waals surface area contributed by atoms with Crippen molar-refractivity contribution >= 4 is 12.3 Å². The van der Waals surface area contributed by atoms with Crippen LogP contribution in [0.25, 0.3) is 0 Å². The summed E-state index contributed by atoms with van der Waals surface area (Å²) in [6.07, 6.45) is -2.18. The Bertz CT molecular complexity index is 138. The lowest BCUT2D eigenvalue weighted by Gasteiger charge is -2.17. The number of hydrogen-bond donors (Lipinski definition) is 0. The van der Waals surface area contributed by atoms with Gasteiger partial charge in [0, 0.05) is 5.23 Å². The molecule has 9 heavy (non-hydrogen) atoms. The molecule has 0 unspecified atom stereocenters. The topological polar surface area (TPSA) is 65.1 Å². The molecule has 1 saturated heterocycles. The maximum atomic E-state index is 10.1. The van der Waals surface area contributed by atoms with E-state index in [1.54, 1.807) is 0 Å². The van der Waals surface area contributed by atoms with E-state index in [4.69, 9.17) is 0 Å². The average molecular weight is 133 g/mol. The molecule has 6 nitrogen and oxygen atoms in total. The van der Waals surface area contributed by atoms with Crippen molar-refractivity contribution in [3.05, 3.63) is 0 Å². The smallest absolute Gasteiger partial charge is 0.325 e. The Labute approximate surface area is 49.8 Å². The highest BCUT2D eigenvalue weighted by Crippen LogP contribution is 2.01. The van der Waals surface area contributed by atoms with Crippen LogP contribution in [0.2, 0.25) is 0 Å². The minimum atomic E-state index is -1.09. The zero-order chi connectivity index (χ0) is 6.85. The molecule has 1 aliphatic heterocycles. The molecule has 1 rings (SSSR count). The Morgan fingerprint density at radius 3 is 2.00 bits per heavy atom. The lowest BCUT2D eigenvalue weighted by molar-refractivity contribution is -0.318. The normalized spacial score (nSPS) is 20.1. The molecule has 0 aromatic heterocycles. The van der Waals surface area contributed by atoms with Crippen molar-refractivity contribution in [2.75, 3.05) is 7.05 Å². The third-order valence-corrected chi connectivity index (χ3v) is 0.573. The summed E-state index contributed by atoms with van der Waals surface area (Å²) in [5.74, 6) is 0. The predicted molar refractivity (Wildman–Crippen MR) is 21.8 cm³/mol. The van der Waals surface area contributed by atoms with Gasteiger partial charge >= 0.3 is 12.3 Å². The van der Waals surface area contributed by atoms with E-state index in [0.29, 0.717) is 5.23 Å². The fraction of sp³-hybridized carbons (Fsp3) is 0.333. The average Bonchev–Trinajstić information content (AvgIpc) is 1.59. The highest BCUT2D eigenvalue weighted by atomic mass is 17.1. The first-order chi connectivity index (χ1) is 4.18. The van der Waals surface area contributed by atoms with Gasteiger partial charge in [-0.1, -0.05) is 0 Å². The first-order valence-corrected chi connectivity index (χ1v) is 2.04. The van der Waals surface area contributed by atoms with Crippen molar-refractivity contribution in [2.45, 2.75) is 0 Å². The fourth-order valence-electron chi connectivity index (χ4n) is 0.334. The predicted octanol–water partition coefficient (Wildman–Crippen LogP) is 0.0516. The van der Waals surface area contributed by atoms with Gasteiger partial charge in [0.2, 0.25) is 0 Å². The van der Waals surface area contributed by atoms with Gasteiger partial charge in [0.05, 0.1) is 7.05 Å². The number of hydrogen-bond acceptors (Lipinski definition) is 6. The Morgan fingerprint density at radius 2 is 1.67 bits per heavy atom. The van der Waals surface area contributed by atoms with E-state index in [2.05, 4.69) is 14.4 Å². The zero-order valence-electron chi connectivity index (χ0n) is 4.49. The molecule has 0 aliphatic carbocycles. The van der Waals surface area contributed by atoms with Gasteiger partial charge in [-0.05, 0) is 0 Å². The van der Waals surface area contributed by atoms with Crippen LogP contribution < -0.4 is 0 Å². The highest BCUT2D eigenvalue weighted by molar-refractivity contribution is 5.77. The molecular weight excluding hydrogens is 130 g/mol. The lowest BCUT2D eigenvalue weighted by atomic mass is 11.2. The minimum absolute atomic E-state index is 0.605. The SMILES string of the molecule is CN1OC(=O)OC(=O)O1. The molecule has 6 heteroatoms. The first kappa shape index (κ1) is 5.83. The summed E-state index contributed by atoms with van der Waals surface area (Å²) < 4.78 is 3.79. The van der Waals surface area contributed by atoms with Crippen LogP contribution in [0.1, 0.15) is 0 Å². The Kier molecular flexibility index (Phi) is 1.23. The van der Waals surface area contributed by atoms with E-state index in [-0.39, 0.29) is 0 Å². The molecule has 0 spiro atoms. The number of rotatable bonds is 0. The lowest BCUT2D eigenvalue weighted by Crippen LogP contribution is -2.34. The van der Waals surface area contributed by atoms with Crippen LogP contribution in [0.4, 0.5) is 9.59 Å². The van der Waals surface area contributed by atoms with Crippen LogP contribution in [-0.4, -0.2) is 24.6 Å². The molecule has 0 radical (unpaired) electrons. The minimum Gasteiger partial charge on any atom is -0.325 e. The van der Waals surface area contributed by atoms with Gasteiger partial charge in [-0.25, -0.2) is 9.59 Å². The molecule has 0 N–H and O–H groups in total. The second-order valence-electron chi connectivity index (χ2n) is 1.22. The molecule has 50 valence electrons. The van der Waals surface area contributed by atoms with Gasteiger partial charge in [-0.3, -0.25) is 9.68 Å². The number of nitrogens with zero attached hydrogens (tertiary/aromatic N) is 1. The maximum Gasteiger partial charge on any atom is 0.541 e. The van der Waals surface area contributed by atoms with Crippen LogP contribution in [0, 0.1) is 0 Å². The van der Waals surface area contributed by atoms with Gasteiger partial charge < -0.3 is 4.74 Å². The quantitative estimate of drug-likeness (QED) is 0.343. The molecule has 0 saturated carbocycles. The first-order valence-electron chi connectivity index (χ1n) is 2.04. The van der Waals surface area contributed by atoms with Gasteiger partial charge in [0.25, 0.3) is 0 Å². The van der Waals surface area contributed by atoms with Crippen molar-refractivity contribution in [1.82, 2.24) is 5.23 Å². The summed E-state index contributed by atoms with van der Waals surface area (Å²) in [6.45, 7) is 0. The van der Waals surface area contributed by atoms with Crippen LogP contribution >= 0.6 is 0 Å². The monoisotopic (exact) mass is 133 g/mol. The highest BCUT2D eigenvalue weighted by Gasteiger charge is 2.25. The van der Waals surface area contributed by atoms with Crippen molar-refractivity contribution in [3.63, 3.8) is 0 Å². The number of cyclic esters (lactones) is 2. The van der Waals surface area contributed by atoms with Crippen LogP contribution in [-0.2, 0) is 14.4 Å².